The van der Waals surface area contributed by atoms with Gasteiger partial charge in [-0.1, -0.05) is 26.3 Å². The van der Waals surface area contributed by atoms with Crippen molar-refractivity contribution >= 4 is 17.3 Å². The molecule has 4 rings (SSSR count). The summed E-state index contributed by atoms with van der Waals surface area (Å²) in [7, 11) is 0. The van der Waals surface area contributed by atoms with E-state index in [0.717, 1.165) is 38.5 Å². The molecule has 0 radical (unpaired) electrons. The molecule has 3 saturated carbocycles. The largest absolute Gasteiger partial charge is 0.300 e. The summed E-state index contributed by atoms with van der Waals surface area (Å²) in [6.07, 6.45) is 9.18. The van der Waals surface area contributed by atoms with Gasteiger partial charge in [0.1, 0.15) is 11.6 Å². The van der Waals surface area contributed by atoms with Gasteiger partial charge in [0.25, 0.3) is 0 Å². The van der Waals surface area contributed by atoms with Crippen LogP contribution in [0.2, 0.25) is 0 Å². The van der Waals surface area contributed by atoms with Crippen molar-refractivity contribution in [1.29, 1.82) is 0 Å². The molecule has 0 N–H and O–H groups in total. The number of hydrogen-bond donors (Lipinski definition) is 0. The molecule has 0 aromatic heterocycles. The summed E-state index contributed by atoms with van der Waals surface area (Å²) >= 11 is 0. The van der Waals surface area contributed by atoms with Crippen molar-refractivity contribution in [2.75, 3.05) is 0 Å². The smallest absolute Gasteiger partial charge is 0.155 e. The predicted octanol–water partition coefficient (Wildman–Crippen LogP) is 5.32. The molecule has 0 saturated heterocycles. The molecule has 0 aromatic carbocycles. The Labute approximate surface area is 169 Å². The molecule has 3 fully saturated rings. The van der Waals surface area contributed by atoms with Crippen molar-refractivity contribution in [3.63, 3.8) is 0 Å². The van der Waals surface area contributed by atoms with E-state index >= 15 is 0 Å². The lowest BCUT2D eigenvalue weighted by atomic mass is 9.43. The molecule has 3 nitrogen and oxygen atoms in total. The first-order valence-corrected chi connectivity index (χ1v) is 11.3. The van der Waals surface area contributed by atoms with E-state index in [9.17, 15) is 14.4 Å². The van der Waals surface area contributed by atoms with Crippen LogP contribution in [0.25, 0.3) is 0 Å². The van der Waals surface area contributed by atoms with Gasteiger partial charge in [-0.05, 0) is 93.0 Å². The fourth-order valence-corrected chi connectivity index (χ4v) is 8.46. The van der Waals surface area contributed by atoms with Crippen LogP contribution in [0.1, 0.15) is 86.0 Å². The predicted molar refractivity (Wildman–Crippen MR) is 110 cm³/mol. The lowest BCUT2D eigenvalue weighted by Gasteiger charge is -2.61. The third-order valence-electron chi connectivity index (χ3n) is 9.90. The second-order valence-electron chi connectivity index (χ2n) is 11.0. The molecule has 28 heavy (non-hydrogen) atoms. The van der Waals surface area contributed by atoms with Crippen LogP contribution >= 0.6 is 0 Å². The van der Waals surface area contributed by atoms with Gasteiger partial charge in [-0.15, -0.1) is 0 Å². The van der Waals surface area contributed by atoms with Gasteiger partial charge >= 0.3 is 0 Å². The lowest BCUT2D eigenvalue weighted by Crippen LogP contribution is -2.56. The fourth-order valence-electron chi connectivity index (χ4n) is 8.46. The molecule has 0 heterocycles. The van der Waals surface area contributed by atoms with E-state index in [4.69, 9.17) is 0 Å². The molecule has 0 bridgehead atoms. The first-order valence-electron chi connectivity index (χ1n) is 11.3. The third kappa shape index (κ3) is 2.50. The summed E-state index contributed by atoms with van der Waals surface area (Å²) in [5.41, 5.74) is 1.00. The molecular formula is C25H36O3. The summed E-state index contributed by atoms with van der Waals surface area (Å²) in [5.74, 6) is 2.94. The lowest BCUT2D eigenvalue weighted by molar-refractivity contribution is -0.148. The van der Waals surface area contributed by atoms with Gasteiger partial charge in [-0.25, -0.2) is 0 Å². The van der Waals surface area contributed by atoms with Crippen molar-refractivity contribution in [3.8, 4) is 0 Å². The minimum absolute atomic E-state index is 0.0675. The van der Waals surface area contributed by atoms with Crippen molar-refractivity contribution in [3.05, 3.63) is 11.6 Å². The summed E-state index contributed by atoms with van der Waals surface area (Å²) in [5, 5.41) is 0. The summed E-state index contributed by atoms with van der Waals surface area (Å²) in [6, 6.07) is 0. The van der Waals surface area contributed by atoms with Gasteiger partial charge in [0.05, 0.1) is 0 Å². The molecule has 0 aliphatic heterocycles. The van der Waals surface area contributed by atoms with Crippen molar-refractivity contribution in [2.24, 2.45) is 39.9 Å². The van der Waals surface area contributed by atoms with Crippen molar-refractivity contribution in [2.45, 2.75) is 86.0 Å². The summed E-state index contributed by atoms with van der Waals surface area (Å²) in [6.45, 7) is 10.5. The maximum Gasteiger partial charge on any atom is 0.155 e. The Balaban J connectivity index is 1.75. The van der Waals surface area contributed by atoms with E-state index in [2.05, 4.69) is 20.8 Å². The number of carbonyl (C=O) groups is 3. The van der Waals surface area contributed by atoms with Gasteiger partial charge in [0.2, 0.25) is 0 Å². The molecule has 3 heteroatoms. The standard InChI is InChI=1S/C25H36O3/c1-15-12-18-13-19(28)6-9-23(18,4)20-7-10-24(5)21(22(15)20)8-11-25(24,17(3)27)14-16(2)26/h13,15,20-22H,6-12,14H2,1-5H3/t15-,20+,21+,22-,23+,24+,25+/m1/s1. The number of allylic oxidation sites excluding steroid dienone is 1. The van der Waals surface area contributed by atoms with E-state index in [1.54, 1.807) is 13.8 Å². The van der Waals surface area contributed by atoms with E-state index < -0.39 is 5.41 Å². The highest BCUT2D eigenvalue weighted by Gasteiger charge is 2.66. The van der Waals surface area contributed by atoms with Crippen molar-refractivity contribution < 1.29 is 14.4 Å². The summed E-state index contributed by atoms with van der Waals surface area (Å²) < 4.78 is 0. The molecule has 0 unspecified atom stereocenters. The van der Waals surface area contributed by atoms with Crippen LogP contribution in [0.4, 0.5) is 0 Å². The first-order chi connectivity index (χ1) is 13.0. The molecular weight excluding hydrogens is 348 g/mol. The van der Waals surface area contributed by atoms with Gasteiger partial charge in [0, 0.05) is 18.3 Å². The van der Waals surface area contributed by atoms with E-state index in [0.29, 0.717) is 42.3 Å². The number of rotatable bonds is 3. The molecule has 0 amide bonds. The third-order valence-corrected chi connectivity index (χ3v) is 9.90. The zero-order valence-corrected chi connectivity index (χ0v) is 18.3. The fraction of sp³-hybridized carbons (Fsp3) is 0.800. The van der Waals surface area contributed by atoms with Crippen LogP contribution in [0.3, 0.4) is 0 Å². The summed E-state index contributed by atoms with van der Waals surface area (Å²) in [4.78, 5) is 37.2. The highest BCUT2D eigenvalue weighted by molar-refractivity contribution is 5.92. The topological polar surface area (TPSA) is 51.2 Å². The second kappa shape index (κ2) is 6.37. The van der Waals surface area contributed by atoms with Gasteiger partial charge in [0.15, 0.2) is 5.78 Å². The van der Waals surface area contributed by atoms with Crippen LogP contribution in [0.5, 0.6) is 0 Å². The van der Waals surface area contributed by atoms with E-state index in [1.807, 2.05) is 6.08 Å². The number of ketones is 3. The SMILES string of the molecule is CC(=O)C[C@]1(C(C)=O)CC[C@H]2[C@@H]3[C@H](C)CC4=CC(=O)CC[C@]4(C)[C@H]3CC[C@@]21C. The highest BCUT2D eigenvalue weighted by Crippen LogP contribution is 2.71. The number of carbonyl (C=O) groups excluding carboxylic acids is 3. The normalized spacial score (nSPS) is 47.6. The Morgan fingerprint density at radius 1 is 1.07 bits per heavy atom. The van der Waals surface area contributed by atoms with Crippen LogP contribution in [0, 0.1) is 39.9 Å². The molecule has 7 atom stereocenters. The maximum atomic E-state index is 12.9. The van der Waals surface area contributed by atoms with Crippen LogP contribution in [0.15, 0.2) is 11.6 Å². The number of Topliss-reactive ketones (excluding diaryl/α,β-unsaturated/α-hetero) is 2. The average Bonchev–Trinajstić information content (AvgIpc) is 2.90. The average molecular weight is 385 g/mol. The number of fused-ring (bicyclic) bond motifs is 5. The monoisotopic (exact) mass is 384 g/mol. The quantitative estimate of drug-likeness (QED) is 0.662. The Bertz CT molecular complexity index is 764. The molecule has 0 spiro atoms. The van der Waals surface area contributed by atoms with Crippen LogP contribution < -0.4 is 0 Å². The van der Waals surface area contributed by atoms with Gasteiger partial charge in [-0.3, -0.25) is 14.4 Å². The van der Waals surface area contributed by atoms with E-state index in [-0.39, 0.29) is 22.4 Å². The van der Waals surface area contributed by atoms with Gasteiger partial charge in [-0.2, -0.15) is 0 Å². The highest BCUT2D eigenvalue weighted by atomic mass is 16.1. The minimum atomic E-state index is -0.465. The first kappa shape index (κ1) is 20.0. The minimum Gasteiger partial charge on any atom is -0.300 e. The number of hydrogen-bond acceptors (Lipinski definition) is 3. The zero-order chi connectivity index (χ0) is 20.5. The molecule has 4 aliphatic rings. The van der Waals surface area contributed by atoms with E-state index in [1.165, 1.54) is 5.57 Å². The molecule has 154 valence electrons. The zero-order valence-electron chi connectivity index (χ0n) is 18.3. The Morgan fingerprint density at radius 3 is 2.39 bits per heavy atom. The molecule has 4 aliphatic carbocycles. The Kier molecular flexibility index (Phi) is 4.56. The molecule has 0 aromatic rings. The van der Waals surface area contributed by atoms with Crippen molar-refractivity contribution in [1.82, 2.24) is 0 Å². The maximum absolute atomic E-state index is 12.9. The second-order valence-corrected chi connectivity index (χ2v) is 11.0. The van der Waals surface area contributed by atoms with Crippen LogP contribution in [-0.4, -0.2) is 17.3 Å². The Morgan fingerprint density at radius 2 is 1.75 bits per heavy atom. The van der Waals surface area contributed by atoms with Gasteiger partial charge < -0.3 is 0 Å². The van der Waals surface area contributed by atoms with Crippen LogP contribution in [-0.2, 0) is 14.4 Å². The Hall–Kier alpha value is -1.25.